The Labute approximate surface area is 143 Å². The van der Waals surface area contributed by atoms with Gasteiger partial charge in [-0.15, -0.1) is 0 Å². The summed E-state index contributed by atoms with van der Waals surface area (Å²) in [5, 5.41) is 0. The van der Waals surface area contributed by atoms with Crippen molar-refractivity contribution in [3.63, 3.8) is 0 Å². The number of carbonyl (C=O) groups excluding carboxylic acids is 1. The van der Waals surface area contributed by atoms with Gasteiger partial charge in [0.15, 0.2) is 17.2 Å². The maximum absolute atomic E-state index is 12.8. The van der Waals surface area contributed by atoms with Gasteiger partial charge in [-0.2, -0.15) is 0 Å². The van der Waals surface area contributed by atoms with Crippen molar-refractivity contribution >= 4 is 16.8 Å². The highest BCUT2D eigenvalue weighted by atomic mass is 16.5. The van der Waals surface area contributed by atoms with Crippen LogP contribution < -0.4 is 19.8 Å². The number of methoxy groups -OCH3 is 3. The quantitative estimate of drug-likeness (QED) is 0.716. The number of H-pyrrole nitrogens is 1. The number of hydrogen-bond donors (Lipinski definition) is 1. The molecule has 1 aromatic heterocycles. The van der Waals surface area contributed by atoms with E-state index in [4.69, 9.17) is 14.2 Å². The fourth-order valence-corrected chi connectivity index (χ4v) is 2.53. The fourth-order valence-electron chi connectivity index (χ4n) is 2.53. The molecule has 0 atom stereocenters. The highest BCUT2D eigenvalue weighted by molar-refractivity contribution is 6.08. The molecule has 0 bridgehead atoms. The maximum Gasteiger partial charge on any atom is 0.278 e. The first-order valence-electron chi connectivity index (χ1n) is 7.42. The predicted molar refractivity (Wildman–Crippen MR) is 91.9 cm³/mol. The first-order chi connectivity index (χ1) is 12.1. The summed E-state index contributed by atoms with van der Waals surface area (Å²) in [6.07, 6.45) is 0. The van der Waals surface area contributed by atoms with Crippen LogP contribution in [0.15, 0.2) is 41.2 Å². The molecule has 0 amide bonds. The molecule has 3 rings (SSSR count). The number of ketones is 1. The summed E-state index contributed by atoms with van der Waals surface area (Å²) in [6, 6.07) is 9.97. The number of aromatic nitrogens is 2. The molecule has 0 aliphatic carbocycles. The Balaban J connectivity index is 2.15. The van der Waals surface area contributed by atoms with Crippen molar-refractivity contribution in [1.29, 1.82) is 0 Å². The number of nitrogens with zero attached hydrogens (tertiary/aromatic N) is 1. The molecule has 7 heteroatoms. The second-order valence-corrected chi connectivity index (χ2v) is 5.17. The number of fused-ring (bicyclic) bond motifs is 1. The SMILES string of the molecule is COc1cc(C(=O)c2nc3ccccc3[nH]c2=O)cc(OC)c1OC. The molecule has 1 N–H and O–H groups in total. The smallest absolute Gasteiger partial charge is 0.278 e. The summed E-state index contributed by atoms with van der Waals surface area (Å²) in [5.41, 5.74) is 0.542. The van der Waals surface area contributed by atoms with Crippen molar-refractivity contribution in [2.24, 2.45) is 0 Å². The maximum atomic E-state index is 12.8. The lowest BCUT2D eigenvalue weighted by Gasteiger charge is -2.13. The zero-order valence-electron chi connectivity index (χ0n) is 14.0. The monoisotopic (exact) mass is 340 g/mol. The number of benzene rings is 2. The average Bonchev–Trinajstić information content (AvgIpc) is 2.65. The highest BCUT2D eigenvalue weighted by Crippen LogP contribution is 2.38. The van der Waals surface area contributed by atoms with Crippen LogP contribution in [-0.4, -0.2) is 37.1 Å². The van der Waals surface area contributed by atoms with Crippen molar-refractivity contribution in [1.82, 2.24) is 9.97 Å². The average molecular weight is 340 g/mol. The molecule has 1 heterocycles. The van der Waals surface area contributed by atoms with E-state index < -0.39 is 11.3 Å². The topological polar surface area (TPSA) is 90.5 Å². The number of ether oxygens (including phenoxy) is 3. The molecule has 0 aliphatic heterocycles. The highest BCUT2D eigenvalue weighted by Gasteiger charge is 2.21. The molecule has 0 unspecified atom stereocenters. The van der Waals surface area contributed by atoms with Crippen LogP contribution in [0.3, 0.4) is 0 Å². The van der Waals surface area contributed by atoms with Crippen LogP contribution in [0.2, 0.25) is 0 Å². The largest absolute Gasteiger partial charge is 0.493 e. The van der Waals surface area contributed by atoms with Gasteiger partial charge in [0.25, 0.3) is 5.56 Å². The van der Waals surface area contributed by atoms with Crippen LogP contribution >= 0.6 is 0 Å². The molecule has 128 valence electrons. The number of aromatic amines is 1. The van der Waals surface area contributed by atoms with E-state index in [0.29, 0.717) is 28.3 Å². The lowest BCUT2D eigenvalue weighted by atomic mass is 10.1. The van der Waals surface area contributed by atoms with E-state index in [0.717, 1.165) is 0 Å². The third-order valence-electron chi connectivity index (χ3n) is 3.74. The summed E-state index contributed by atoms with van der Waals surface area (Å²) in [6.45, 7) is 0. The third-order valence-corrected chi connectivity index (χ3v) is 3.74. The zero-order chi connectivity index (χ0) is 18.0. The molecule has 0 aliphatic rings. The standard InChI is InChI=1S/C18H16N2O5/c1-23-13-8-10(9-14(24-2)17(13)25-3)16(21)15-18(22)20-12-7-5-4-6-11(12)19-15/h4-9H,1-3H3,(H,20,22). The molecule has 2 aromatic carbocycles. The molecule has 7 nitrogen and oxygen atoms in total. The van der Waals surface area contributed by atoms with Gasteiger partial charge in [0.05, 0.1) is 32.4 Å². The van der Waals surface area contributed by atoms with Crippen molar-refractivity contribution in [2.45, 2.75) is 0 Å². The van der Waals surface area contributed by atoms with Crippen molar-refractivity contribution in [3.05, 3.63) is 58.0 Å². The summed E-state index contributed by atoms with van der Waals surface area (Å²) in [4.78, 5) is 31.9. The Morgan fingerprint density at radius 3 is 2.24 bits per heavy atom. The van der Waals surface area contributed by atoms with Gasteiger partial charge < -0.3 is 19.2 Å². The Kier molecular flexibility index (Phi) is 4.38. The Morgan fingerprint density at radius 2 is 1.64 bits per heavy atom. The van der Waals surface area contributed by atoms with Crippen LogP contribution in [-0.2, 0) is 0 Å². The first-order valence-corrected chi connectivity index (χ1v) is 7.42. The van der Waals surface area contributed by atoms with Gasteiger partial charge in [-0.05, 0) is 24.3 Å². The van der Waals surface area contributed by atoms with Gasteiger partial charge in [0.1, 0.15) is 0 Å². The van der Waals surface area contributed by atoms with Gasteiger partial charge in [-0.1, -0.05) is 12.1 Å². The lowest BCUT2D eigenvalue weighted by Crippen LogP contribution is -2.21. The zero-order valence-corrected chi connectivity index (χ0v) is 14.0. The third kappa shape index (κ3) is 2.91. The van der Waals surface area contributed by atoms with Crippen molar-refractivity contribution in [3.8, 4) is 17.2 Å². The number of rotatable bonds is 5. The molecule has 0 saturated heterocycles. The number of nitrogens with one attached hydrogen (secondary N) is 1. The summed E-state index contributed by atoms with van der Waals surface area (Å²) in [7, 11) is 4.37. The van der Waals surface area contributed by atoms with Gasteiger partial charge in [0, 0.05) is 5.56 Å². The second kappa shape index (κ2) is 6.64. The lowest BCUT2D eigenvalue weighted by molar-refractivity contribution is 0.103. The van der Waals surface area contributed by atoms with Gasteiger partial charge >= 0.3 is 0 Å². The van der Waals surface area contributed by atoms with Gasteiger partial charge in [-0.3, -0.25) is 9.59 Å². The van der Waals surface area contributed by atoms with Crippen LogP contribution in [0.25, 0.3) is 11.0 Å². The molecular weight excluding hydrogens is 324 g/mol. The Morgan fingerprint density at radius 1 is 1.00 bits per heavy atom. The van der Waals surface area contributed by atoms with Crippen LogP contribution in [0, 0.1) is 0 Å². The molecule has 0 fully saturated rings. The van der Waals surface area contributed by atoms with Crippen molar-refractivity contribution in [2.75, 3.05) is 21.3 Å². The van der Waals surface area contributed by atoms with E-state index >= 15 is 0 Å². The molecular formula is C18H16N2O5. The number of carbonyl (C=O) groups is 1. The molecule has 0 spiro atoms. The minimum Gasteiger partial charge on any atom is -0.493 e. The van der Waals surface area contributed by atoms with E-state index in [2.05, 4.69) is 9.97 Å². The van der Waals surface area contributed by atoms with E-state index in [1.807, 2.05) is 0 Å². The van der Waals surface area contributed by atoms with Crippen LogP contribution in [0.5, 0.6) is 17.2 Å². The molecule has 3 aromatic rings. The fraction of sp³-hybridized carbons (Fsp3) is 0.167. The minimum atomic E-state index is -0.558. The number of hydrogen-bond acceptors (Lipinski definition) is 6. The second-order valence-electron chi connectivity index (χ2n) is 5.17. The minimum absolute atomic E-state index is 0.201. The molecule has 25 heavy (non-hydrogen) atoms. The summed E-state index contributed by atoms with van der Waals surface area (Å²) >= 11 is 0. The van der Waals surface area contributed by atoms with E-state index in [-0.39, 0.29) is 11.3 Å². The molecule has 0 radical (unpaired) electrons. The van der Waals surface area contributed by atoms with Crippen LogP contribution in [0.1, 0.15) is 16.1 Å². The van der Waals surface area contributed by atoms with Crippen LogP contribution in [0.4, 0.5) is 0 Å². The predicted octanol–water partition coefficient (Wildman–Crippen LogP) is 2.18. The summed E-state index contributed by atoms with van der Waals surface area (Å²) < 4.78 is 15.7. The van der Waals surface area contributed by atoms with Gasteiger partial charge in [0.2, 0.25) is 11.5 Å². The van der Waals surface area contributed by atoms with E-state index in [1.54, 1.807) is 24.3 Å². The van der Waals surface area contributed by atoms with E-state index in [1.165, 1.54) is 33.5 Å². The Bertz CT molecular complexity index is 985. The number of para-hydroxylation sites is 2. The Hall–Kier alpha value is -3.35. The summed E-state index contributed by atoms with van der Waals surface area (Å²) in [5.74, 6) is 0.470. The van der Waals surface area contributed by atoms with Crippen molar-refractivity contribution < 1.29 is 19.0 Å². The first kappa shape index (κ1) is 16.5. The van der Waals surface area contributed by atoms with Gasteiger partial charge in [-0.25, -0.2) is 4.98 Å². The van der Waals surface area contributed by atoms with E-state index in [9.17, 15) is 9.59 Å². The normalized spacial score (nSPS) is 10.5. The molecule has 0 saturated carbocycles.